The Kier molecular flexibility index (Phi) is 5.41. The molecule has 0 rings (SSSR count). The van der Waals surface area contributed by atoms with Gasteiger partial charge in [0.2, 0.25) is 0 Å². The number of halogens is 3. The molecule has 0 radical (unpaired) electrons. The van der Waals surface area contributed by atoms with Crippen molar-refractivity contribution in [2.75, 3.05) is 0 Å². The molecule has 0 saturated heterocycles. The van der Waals surface area contributed by atoms with E-state index in [9.17, 15) is 0 Å². The number of hydrogen-bond donors (Lipinski definition) is 0. The van der Waals surface area contributed by atoms with E-state index in [-0.39, 0.29) is 0 Å². The second kappa shape index (κ2) is 4.21. The molecule has 0 heterocycles. The number of rotatable bonds is 2. The third-order valence-electron chi connectivity index (χ3n) is 0.369. The summed E-state index contributed by atoms with van der Waals surface area (Å²) >= 11 is 7.71. The van der Waals surface area contributed by atoms with Crippen LogP contribution in [0.4, 0.5) is 0 Å². The van der Waals surface area contributed by atoms with Gasteiger partial charge in [0, 0.05) is 0 Å². The van der Waals surface area contributed by atoms with Crippen LogP contribution in [0.2, 0.25) is 0 Å². The van der Waals surface area contributed by atoms with Gasteiger partial charge in [-0.3, -0.25) is 0 Å². The molecule has 0 aromatic carbocycles. The van der Waals surface area contributed by atoms with E-state index < -0.39 is 13.4 Å². The first-order valence-electron chi connectivity index (χ1n) is 2.16. The molecule has 0 amide bonds. The Bertz CT molecular complexity index is 69.4. The zero-order valence-corrected chi connectivity index (χ0v) is 13.0. The maximum absolute atomic E-state index is 5.41. The van der Waals surface area contributed by atoms with Gasteiger partial charge < -0.3 is 0 Å². The van der Waals surface area contributed by atoms with Gasteiger partial charge in [-0.25, -0.2) is 0 Å². The van der Waals surface area contributed by atoms with Crippen molar-refractivity contribution >= 4 is 36.9 Å². The molecule has 0 N–H and O–H groups in total. The van der Waals surface area contributed by atoms with Crippen molar-refractivity contribution < 1.29 is 16.3 Å². The van der Waals surface area contributed by atoms with Crippen LogP contribution in [0.3, 0.4) is 0 Å². The molecule has 0 spiro atoms. The van der Waals surface area contributed by atoms with Crippen molar-refractivity contribution in [3.63, 3.8) is 0 Å². The third-order valence-corrected chi connectivity index (χ3v) is 7.61. The molecule has 0 bridgehead atoms. The number of hydrogen-bond acceptors (Lipinski definition) is 1. The van der Waals surface area contributed by atoms with Gasteiger partial charge in [-0.05, 0) is 0 Å². The van der Waals surface area contributed by atoms with Crippen LogP contribution >= 0.6 is 36.9 Å². The van der Waals surface area contributed by atoms with Crippen LogP contribution in [0.5, 0.6) is 0 Å². The Morgan fingerprint density at radius 1 is 1.25 bits per heavy atom. The van der Waals surface area contributed by atoms with Crippen LogP contribution < -0.4 is 0 Å². The van der Waals surface area contributed by atoms with Gasteiger partial charge in [-0.15, -0.1) is 0 Å². The molecule has 5 heteroatoms. The quantitative estimate of drug-likeness (QED) is 0.555. The fourth-order valence-corrected chi connectivity index (χ4v) is 11.4. The molecule has 0 fully saturated rings. The first-order valence-corrected chi connectivity index (χ1v) is 27.2. The predicted molar refractivity (Wildman–Crippen MR) is 43.0 cm³/mol. The van der Waals surface area contributed by atoms with Gasteiger partial charge in [-0.1, -0.05) is 0 Å². The minimum atomic E-state index is -2.53. The summed E-state index contributed by atoms with van der Waals surface area (Å²) < 4.78 is 5.41. The molecular formula is C3H7Br3HfO. The van der Waals surface area contributed by atoms with Crippen LogP contribution in [0.15, 0.2) is 0 Å². The Morgan fingerprint density at radius 3 is 1.62 bits per heavy atom. The zero-order valence-electron chi connectivity index (χ0n) is 4.62. The zero-order chi connectivity index (χ0) is 6.78. The Morgan fingerprint density at radius 2 is 1.62 bits per heavy atom. The van der Waals surface area contributed by atoms with Gasteiger partial charge >= 0.3 is 73.1 Å². The van der Waals surface area contributed by atoms with Crippen LogP contribution in [0.25, 0.3) is 0 Å². The van der Waals surface area contributed by atoms with Crippen molar-refractivity contribution in [3.8, 4) is 0 Å². The maximum atomic E-state index is 5.41. The Labute approximate surface area is 72.0 Å². The second-order valence-electron chi connectivity index (χ2n) is 1.61. The molecule has 1 nitrogen and oxygen atoms in total. The summed E-state index contributed by atoms with van der Waals surface area (Å²) in [7, 11) is 0. The Balaban J connectivity index is 3.39. The normalized spacial score (nSPS) is 12.8. The Hall–Kier alpha value is 2.27. The van der Waals surface area contributed by atoms with Crippen molar-refractivity contribution in [2.45, 2.75) is 20.0 Å². The van der Waals surface area contributed by atoms with E-state index in [0.29, 0.717) is 6.10 Å². The van der Waals surface area contributed by atoms with Gasteiger partial charge in [-0.2, -0.15) is 0 Å². The molecular weight excluding hydrogens is 470 g/mol. The molecule has 8 heavy (non-hydrogen) atoms. The second-order valence-corrected chi connectivity index (χ2v) is 59.2. The average Bonchev–Trinajstić information content (AvgIpc) is 1.21. The summed E-state index contributed by atoms with van der Waals surface area (Å²) in [4.78, 5) is 0. The molecule has 0 aliphatic rings. The van der Waals surface area contributed by atoms with Crippen molar-refractivity contribution in [3.05, 3.63) is 0 Å². The topological polar surface area (TPSA) is 9.23 Å². The molecule has 0 aliphatic heterocycles. The summed E-state index contributed by atoms with van der Waals surface area (Å²) in [6, 6.07) is 0. The van der Waals surface area contributed by atoms with Crippen molar-refractivity contribution in [2.24, 2.45) is 0 Å². The molecule has 0 aliphatic carbocycles. The van der Waals surface area contributed by atoms with Crippen LogP contribution in [-0.2, 0) is 16.3 Å². The van der Waals surface area contributed by atoms with Crippen molar-refractivity contribution in [1.29, 1.82) is 0 Å². The summed E-state index contributed by atoms with van der Waals surface area (Å²) in [6.07, 6.45) is 0.301. The van der Waals surface area contributed by atoms with Gasteiger partial charge in [0.15, 0.2) is 0 Å². The minimum absolute atomic E-state index is 0.301. The first kappa shape index (κ1) is 10.3. The summed E-state index contributed by atoms with van der Waals surface area (Å²) in [6.45, 7) is 4.02. The monoisotopic (exact) mass is 476 g/mol. The SMILES string of the molecule is CC(C)[O][Hf]([Br])([Br])[Br]. The van der Waals surface area contributed by atoms with Crippen LogP contribution in [-0.4, -0.2) is 6.10 Å². The summed E-state index contributed by atoms with van der Waals surface area (Å²) in [5.74, 6) is 0. The molecule has 0 aromatic rings. The summed E-state index contributed by atoms with van der Waals surface area (Å²) in [5, 5.41) is 0. The molecule has 0 unspecified atom stereocenters. The van der Waals surface area contributed by atoms with E-state index in [1.807, 2.05) is 13.8 Å². The van der Waals surface area contributed by atoms with E-state index in [1.54, 1.807) is 0 Å². The third kappa shape index (κ3) is 8.27. The molecule has 0 aromatic heterocycles. The molecule has 50 valence electrons. The fraction of sp³-hybridized carbons (Fsp3) is 1.00. The van der Waals surface area contributed by atoms with E-state index in [0.717, 1.165) is 0 Å². The van der Waals surface area contributed by atoms with E-state index >= 15 is 0 Å². The van der Waals surface area contributed by atoms with Gasteiger partial charge in [0.05, 0.1) is 0 Å². The standard InChI is InChI=1S/C3H7O.3BrH.Hf/c1-3(2)4;;;;/h3H,1-2H3;3*1H;/q-1;;;;+4/p-3. The van der Waals surface area contributed by atoms with E-state index in [2.05, 4.69) is 36.9 Å². The van der Waals surface area contributed by atoms with Crippen LogP contribution in [0, 0.1) is 0 Å². The molecule has 0 saturated carbocycles. The van der Waals surface area contributed by atoms with E-state index in [4.69, 9.17) is 2.85 Å². The summed E-state index contributed by atoms with van der Waals surface area (Å²) in [5.41, 5.74) is 0. The molecule has 0 atom stereocenters. The van der Waals surface area contributed by atoms with Crippen molar-refractivity contribution in [1.82, 2.24) is 0 Å². The fourth-order valence-electron chi connectivity index (χ4n) is 0.267. The first-order chi connectivity index (χ1) is 3.42. The van der Waals surface area contributed by atoms with Crippen LogP contribution in [0.1, 0.15) is 13.8 Å². The average molecular weight is 477 g/mol. The van der Waals surface area contributed by atoms with Gasteiger partial charge in [0.25, 0.3) is 0 Å². The van der Waals surface area contributed by atoms with Gasteiger partial charge in [0.1, 0.15) is 0 Å². The predicted octanol–water partition coefficient (Wildman–Crippen LogP) is 3.41. The van der Waals surface area contributed by atoms with E-state index in [1.165, 1.54) is 0 Å².